The van der Waals surface area contributed by atoms with Gasteiger partial charge in [0.05, 0.1) is 34.5 Å². The molecule has 0 saturated carbocycles. The Morgan fingerprint density at radius 3 is 2.53 bits per heavy atom. The van der Waals surface area contributed by atoms with Crippen LogP contribution in [0.15, 0.2) is 82.7 Å². The van der Waals surface area contributed by atoms with Gasteiger partial charge in [-0.05, 0) is 42.5 Å². The van der Waals surface area contributed by atoms with E-state index in [1.165, 1.54) is 23.4 Å². The van der Waals surface area contributed by atoms with Crippen molar-refractivity contribution in [2.24, 2.45) is 0 Å². The Bertz CT molecular complexity index is 1340. The van der Waals surface area contributed by atoms with E-state index in [9.17, 15) is 9.59 Å². The number of para-hydroxylation sites is 2. The maximum atomic E-state index is 13.4. The highest BCUT2D eigenvalue weighted by atomic mass is 35.5. The zero-order chi connectivity index (χ0) is 22.7. The largest absolute Gasteiger partial charge is 0.495 e. The highest BCUT2D eigenvalue weighted by molar-refractivity contribution is 7.99. The van der Waals surface area contributed by atoms with Crippen molar-refractivity contribution >= 4 is 45.9 Å². The second kappa shape index (κ2) is 9.46. The predicted molar refractivity (Wildman–Crippen MR) is 129 cm³/mol. The molecule has 0 saturated heterocycles. The number of benzene rings is 3. The molecule has 6 nitrogen and oxygen atoms in total. The first kappa shape index (κ1) is 21.9. The summed E-state index contributed by atoms with van der Waals surface area (Å²) in [6, 6.07) is 21.6. The fourth-order valence-electron chi connectivity index (χ4n) is 3.25. The Morgan fingerprint density at radius 1 is 1.09 bits per heavy atom. The summed E-state index contributed by atoms with van der Waals surface area (Å²) in [7, 11) is 3.25. The van der Waals surface area contributed by atoms with Crippen LogP contribution in [-0.4, -0.2) is 35.4 Å². The van der Waals surface area contributed by atoms with Crippen LogP contribution in [0, 0.1) is 0 Å². The molecular weight excluding hydrogens is 446 g/mol. The average Bonchev–Trinajstić information content (AvgIpc) is 2.82. The van der Waals surface area contributed by atoms with Crippen LogP contribution in [-0.2, 0) is 4.79 Å². The number of rotatable bonds is 6. The smallest absolute Gasteiger partial charge is 0.266 e. The topological polar surface area (TPSA) is 64.4 Å². The monoisotopic (exact) mass is 465 g/mol. The third-order valence-corrected chi connectivity index (χ3v) is 6.20. The van der Waals surface area contributed by atoms with Crippen molar-refractivity contribution in [3.05, 3.63) is 88.2 Å². The molecule has 0 aliphatic carbocycles. The minimum atomic E-state index is -0.233. The Hall–Kier alpha value is -3.29. The summed E-state index contributed by atoms with van der Waals surface area (Å²) in [6.07, 6.45) is 0. The van der Waals surface area contributed by atoms with Crippen LogP contribution < -0.4 is 15.2 Å². The van der Waals surface area contributed by atoms with Crippen molar-refractivity contribution in [1.82, 2.24) is 9.55 Å². The maximum absolute atomic E-state index is 13.4. The van der Waals surface area contributed by atoms with Gasteiger partial charge in [-0.15, -0.1) is 0 Å². The van der Waals surface area contributed by atoms with Gasteiger partial charge in [-0.3, -0.25) is 14.2 Å². The highest BCUT2D eigenvalue weighted by Crippen LogP contribution is 2.29. The van der Waals surface area contributed by atoms with Crippen LogP contribution in [0.2, 0.25) is 5.02 Å². The van der Waals surface area contributed by atoms with E-state index >= 15 is 0 Å². The number of nitrogens with zero attached hydrogens (tertiary/aromatic N) is 3. The lowest BCUT2D eigenvalue weighted by Crippen LogP contribution is -2.28. The van der Waals surface area contributed by atoms with E-state index in [0.717, 1.165) is 5.69 Å². The van der Waals surface area contributed by atoms with Gasteiger partial charge in [0.2, 0.25) is 5.91 Å². The molecule has 4 rings (SSSR count). The van der Waals surface area contributed by atoms with Gasteiger partial charge in [-0.25, -0.2) is 4.98 Å². The second-order valence-corrected chi connectivity index (χ2v) is 8.30. The molecule has 0 atom stereocenters. The molecule has 1 amide bonds. The summed E-state index contributed by atoms with van der Waals surface area (Å²) in [6.45, 7) is 0. The summed E-state index contributed by atoms with van der Waals surface area (Å²) < 4.78 is 6.70. The van der Waals surface area contributed by atoms with E-state index in [4.69, 9.17) is 16.3 Å². The van der Waals surface area contributed by atoms with Gasteiger partial charge in [0.25, 0.3) is 5.56 Å². The van der Waals surface area contributed by atoms with Gasteiger partial charge in [-0.1, -0.05) is 53.7 Å². The molecule has 1 aromatic heterocycles. The van der Waals surface area contributed by atoms with Crippen molar-refractivity contribution < 1.29 is 9.53 Å². The quantitative estimate of drug-likeness (QED) is 0.302. The van der Waals surface area contributed by atoms with Crippen LogP contribution in [0.5, 0.6) is 5.75 Å². The molecule has 0 fully saturated rings. The molecule has 0 aliphatic heterocycles. The number of halogens is 1. The molecule has 0 spiro atoms. The van der Waals surface area contributed by atoms with Gasteiger partial charge in [0.15, 0.2) is 5.16 Å². The number of anilines is 1. The van der Waals surface area contributed by atoms with Crippen molar-refractivity contribution in [2.45, 2.75) is 5.16 Å². The molecular formula is C24H20ClN3O3S. The lowest BCUT2D eigenvalue weighted by Gasteiger charge is -2.18. The molecule has 0 N–H and O–H groups in total. The third kappa shape index (κ3) is 4.35. The molecule has 1 heterocycles. The number of carbonyl (C=O) groups excluding carboxylic acids is 1. The average molecular weight is 466 g/mol. The number of hydrogen-bond donors (Lipinski definition) is 0. The number of thioether (sulfide) groups is 1. The van der Waals surface area contributed by atoms with Crippen LogP contribution in [0.4, 0.5) is 5.69 Å². The fraction of sp³-hybridized carbons (Fsp3) is 0.125. The van der Waals surface area contributed by atoms with E-state index in [-0.39, 0.29) is 17.2 Å². The highest BCUT2D eigenvalue weighted by Gasteiger charge is 2.17. The van der Waals surface area contributed by atoms with Crippen LogP contribution in [0.25, 0.3) is 16.6 Å². The van der Waals surface area contributed by atoms with Gasteiger partial charge in [0.1, 0.15) is 5.75 Å². The van der Waals surface area contributed by atoms with Gasteiger partial charge >= 0.3 is 0 Å². The first-order valence-electron chi connectivity index (χ1n) is 9.79. The molecule has 4 aromatic rings. The van der Waals surface area contributed by atoms with Crippen molar-refractivity contribution in [3.63, 3.8) is 0 Å². The first-order valence-corrected chi connectivity index (χ1v) is 11.2. The molecule has 0 aliphatic rings. The summed E-state index contributed by atoms with van der Waals surface area (Å²) in [5, 5.41) is 1.27. The van der Waals surface area contributed by atoms with E-state index in [1.54, 1.807) is 48.3 Å². The number of ether oxygens (including phenoxy) is 1. The van der Waals surface area contributed by atoms with Crippen LogP contribution in [0.1, 0.15) is 0 Å². The van der Waals surface area contributed by atoms with Gasteiger partial charge in [-0.2, -0.15) is 0 Å². The van der Waals surface area contributed by atoms with E-state index in [1.807, 2.05) is 36.4 Å². The summed E-state index contributed by atoms with van der Waals surface area (Å²) in [5.41, 5.74) is 1.68. The zero-order valence-corrected chi connectivity index (χ0v) is 19.1. The number of aromatic nitrogens is 2. The fourth-order valence-corrected chi connectivity index (χ4v) is 4.43. The minimum Gasteiger partial charge on any atom is -0.495 e. The Balaban J connectivity index is 1.73. The number of amides is 1. The maximum Gasteiger partial charge on any atom is 0.266 e. The third-order valence-electron chi connectivity index (χ3n) is 4.98. The molecule has 3 aromatic carbocycles. The number of methoxy groups -OCH3 is 1. The summed E-state index contributed by atoms with van der Waals surface area (Å²) in [5.74, 6) is 0.508. The summed E-state index contributed by atoms with van der Waals surface area (Å²) in [4.78, 5) is 32.4. The molecule has 162 valence electrons. The normalized spacial score (nSPS) is 10.8. The lowest BCUT2D eigenvalue weighted by atomic mass is 10.2. The zero-order valence-electron chi connectivity index (χ0n) is 17.5. The number of fused-ring (bicyclic) bond motifs is 1. The van der Waals surface area contributed by atoms with E-state index < -0.39 is 0 Å². The molecule has 0 radical (unpaired) electrons. The first-order chi connectivity index (χ1) is 15.5. The standard InChI is InChI=1S/C24H20ClN3O3S/c1-27(16-8-4-3-5-9-16)22(29)15-32-24-26-20-11-7-6-10-18(20)23(30)28(24)17-12-13-21(31-2)19(25)14-17/h3-14H,15H2,1-2H3. The molecule has 0 unspecified atom stereocenters. The van der Waals surface area contributed by atoms with Crippen molar-refractivity contribution in [1.29, 1.82) is 0 Å². The predicted octanol–water partition coefficient (Wildman–Crippen LogP) is 4.80. The molecule has 0 bridgehead atoms. The number of carbonyl (C=O) groups is 1. The Morgan fingerprint density at radius 2 is 1.81 bits per heavy atom. The Kier molecular flexibility index (Phi) is 6.48. The van der Waals surface area contributed by atoms with Gasteiger partial charge < -0.3 is 9.64 Å². The molecule has 32 heavy (non-hydrogen) atoms. The van der Waals surface area contributed by atoms with E-state index in [0.29, 0.717) is 32.5 Å². The number of hydrogen-bond acceptors (Lipinski definition) is 5. The summed E-state index contributed by atoms with van der Waals surface area (Å²) >= 11 is 7.51. The van der Waals surface area contributed by atoms with Crippen molar-refractivity contribution in [2.75, 3.05) is 24.8 Å². The second-order valence-electron chi connectivity index (χ2n) is 6.95. The molecule has 8 heteroatoms. The van der Waals surface area contributed by atoms with Crippen LogP contribution in [0.3, 0.4) is 0 Å². The lowest BCUT2D eigenvalue weighted by molar-refractivity contribution is -0.115. The van der Waals surface area contributed by atoms with Crippen LogP contribution >= 0.6 is 23.4 Å². The minimum absolute atomic E-state index is 0.108. The van der Waals surface area contributed by atoms with Crippen molar-refractivity contribution in [3.8, 4) is 11.4 Å². The Labute approximate surface area is 194 Å². The van der Waals surface area contributed by atoms with E-state index in [2.05, 4.69) is 4.98 Å². The SMILES string of the molecule is COc1ccc(-n2c(SCC(=O)N(C)c3ccccc3)nc3ccccc3c2=O)cc1Cl. The van der Waals surface area contributed by atoms with Gasteiger partial charge in [0, 0.05) is 12.7 Å².